The van der Waals surface area contributed by atoms with Gasteiger partial charge in [0.15, 0.2) is 0 Å². The number of para-hydroxylation sites is 1. The molecular weight excluding hydrogens is 408 g/mol. The van der Waals surface area contributed by atoms with Gasteiger partial charge in [0.05, 0.1) is 25.3 Å². The van der Waals surface area contributed by atoms with Crippen LogP contribution >= 0.6 is 0 Å². The van der Waals surface area contributed by atoms with Gasteiger partial charge in [0.2, 0.25) is 0 Å². The van der Waals surface area contributed by atoms with Crippen LogP contribution in [0.2, 0.25) is 0 Å². The predicted octanol–water partition coefficient (Wildman–Crippen LogP) is 3.56. The molecule has 3 aromatic rings. The van der Waals surface area contributed by atoms with Crippen LogP contribution < -0.4 is 4.74 Å². The molecule has 32 heavy (non-hydrogen) atoms. The summed E-state index contributed by atoms with van der Waals surface area (Å²) in [6, 6.07) is 12.3. The van der Waals surface area contributed by atoms with E-state index in [4.69, 9.17) is 9.47 Å². The Kier molecular flexibility index (Phi) is 5.76. The minimum Gasteiger partial charge on any atom is -0.507 e. The summed E-state index contributed by atoms with van der Waals surface area (Å²) in [6.07, 6.45) is 1.91. The lowest BCUT2D eigenvalue weighted by atomic mass is 9.93. The van der Waals surface area contributed by atoms with Crippen LogP contribution in [0.4, 0.5) is 0 Å². The quantitative estimate of drug-likeness (QED) is 0.365. The zero-order valence-electron chi connectivity index (χ0n) is 18.6. The number of ether oxygens (including phenoxy) is 2. The van der Waals surface area contributed by atoms with Crippen molar-refractivity contribution in [2.75, 3.05) is 27.4 Å². The highest BCUT2D eigenvalue weighted by Gasteiger charge is 2.46. The van der Waals surface area contributed by atoms with E-state index in [1.165, 1.54) is 4.90 Å². The maximum Gasteiger partial charge on any atom is 0.295 e. The average Bonchev–Trinajstić information content (AvgIpc) is 3.25. The maximum atomic E-state index is 13.2. The first-order valence-corrected chi connectivity index (χ1v) is 10.3. The Morgan fingerprint density at radius 3 is 2.56 bits per heavy atom. The van der Waals surface area contributed by atoms with Gasteiger partial charge in [0.25, 0.3) is 11.7 Å². The number of hydrogen-bond acceptors (Lipinski definition) is 5. The number of rotatable bonds is 6. The molecule has 7 nitrogen and oxygen atoms in total. The molecule has 1 amide bonds. The SMILES string of the molecule is COCCN1C(=O)C(=O)/C(=C(/O)c2ccc(OC)cc2C)C1c1cn(C)c2ccccc12. The largest absolute Gasteiger partial charge is 0.507 e. The number of aromatic nitrogens is 1. The minimum absolute atomic E-state index is 0.0794. The van der Waals surface area contributed by atoms with Crippen molar-refractivity contribution >= 4 is 28.4 Å². The average molecular weight is 434 g/mol. The van der Waals surface area contributed by atoms with E-state index >= 15 is 0 Å². The number of hydrogen-bond donors (Lipinski definition) is 1. The first-order chi connectivity index (χ1) is 15.4. The van der Waals surface area contributed by atoms with Gasteiger partial charge in [-0.2, -0.15) is 0 Å². The molecule has 0 bridgehead atoms. The fourth-order valence-electron chi connectivity index (χ4n) is 4.39. The second kappa shape index (κ2) is 8.51. The Morgan fingerprint density at radius 2 is 1.88 bits per heavy atom. The van der Waals surface area contributed by atoms with E-state index < -0.39 is 17.7 Å². The fraction of sp³-hybridized carbons (Fsp3) is 0.280. The predicted molar refractivity (Wildman–Crippen MR) is 122 cm³/mol. The van der Waals surface area contributed by atoms with E-state index in [0.717, 1.165) is 22.0 Å². The van der Waals surface area contributed by atoms with Crippen molar-refractivity contribution in [1.29, 1.82) is 0 Å². The number of aliphatic hydroxyl groups excluding tert-OH is 1. The molecule has 1 atom stereocenters. The van der Waals surface area contributed by atoms with Crippen LogP contribution in [-0.2, 0) is 21.4 Å². The van der Waals surface area contributed by atoms with E-state index in [0.29, 0.717) is 11.3 Å². The number of nitrogens with zero attached hydrogens (tertiary/aromatic N) is 2. The number of fused-ring (bicyclic) bond motifs is 1. The Morgan fingerprint density at radius 1 is 1.12 bits per heavy atom. The number of aliphatic hydroxyl groups is 1. The summed E-state index contributed by atoms with van der Waals surface area (Å²) in [4.78, 5) is 27.7. The molecule has 1 N–H and O–H groups in total. The number of amides is 1. The molecular formula is C25H26N2O5. The molecule has 0 spiro atoms. The molecule has 1 aliphatic heterocycles. The second-order valence-corrected chi connectivity index (χ2v) is 7.88. The third-order valence-corrected chi connectivity index (χ3v) is 5.99. The highest BCUT2D eigenvalue weighted by Crippen LogP contribution is 2.42. The summed E-state index contributed by atoms with van der Waals surface area (Å²) >= 11 is 0. The van der Waals surface area contributed by atoms with Gasteiger partial charge in [-0.1, -0.05) is 18.2 Å². The van der Waals surface area contributed by atoms with Crippen molar-refractivity contribution in [1.82, 2.24) is 9.47 Å². The number of Topliss-reactive ketones (excluding diaryl/α,β-unsaturated/α-hetero) is 1. The number of benzene rings is 2. The summed E-state index contributed by atoms with van der Waals surface area (Å²) in [5, 5.41) is 12.2. The van der Waals surface area contributed by atoms with Gasteiger partial charge in [-0.3, -0.25) is 9.59 Å². The Balaban J connectivity index is 1.96. The summed E-state index contributed by atoms with van der Waals surface area (Å²) in [6.45, 7) is 2.33. The van der Waals surface area contributed by atoms with Crippen LogP contribution in [0.3, 0.4) is 0 Å². The smallest absolute Gasteiger partial charge is 0.295 e. The lowest BCUT2D eigenvalue weighted by molar-refractivity contribution is -0.140. The van der Waals surface area contributed by atoms with Crippen molar-refractivity contribution in [2.24, 2.45) is 7.05 Å². The molecule has 166 valence electrons. The zero-order chi connectivity index (χ0) is 23.0. The van der Waals surface area contributed by atoms with Crippen molar-refractivity contribution in [3.05, 3.63) is 70.9 Å². The molecule has 1 aromatic heterocycles. The number of carbonyl (C=O) groups is 2. The van der Waals surface area contributed by atoms with Crippen LogP contribution in [0.1, 0.15) is 22.7 Å². The molecule has 2 heterocycles. The van der Waals surface area contributed by atoms with Gasteiger partial charge in [0.1, 0.15) is 11.5 Å². The molecule has 0 aliphatic carbocycles. The Labute approximate surface area is 186 Å². The van der Waals surface area contributed by atoms with Crippen molar-refractivity contribution < 1.29 is 24.2 Å². The van der Waals surface area contributed by atoms with Crippen LogP contribution in [0.25, 0.3) is 16.7 Å². The summed E-state index contributed by atoms with van der Waals surface area (Å²) in [5.41, 5.74) is 3.06. The third kappa shape index (κ3) is 3.44. The number of methoxy groups -OCH3 is 2. The van der Waals surface area contributed by atoms with E-state index in [1.807, 2.05) is 49.0 Å². The lowest BCUT2D eigenvalue weighted by Gasteiger charge is -2.24. The van der Waals surface area contributed by atoms with Crippen LogP contribution in [0, 0.1) is 6.92 Å². The normalized spacial score (nSPS) is 18.0. The molecule has 0 saturated carbocycles. The summed E-state index contributed by atoms with van der Waals surface area (Å²) in [7, 11) is 5.03. The standard InChI is InChI=1S/C25H26N2O5/c1-15-13-16(32-4)9-10-17(15)23(28)21-22(27(11-12-31-3)25(30)24(21)29)19-14-26(2)20-8-6-5-7-18(19)20/h5-10,13-14,22,28H,11-12H2,1-4H3/b23-21+. The van der Waals surface area contributed by atoms with Crippen LogP contribution in [0.15, 0.2) is 54.2 Å². The maximum absolute atomic E-state index is 13.2. The van der Waals surface area contributed by atoms with Gasteiger partial charge < -0.3 is 24.0 Å². The van der Waals surface area contributed by atoms with Gasteiger partial charge in [-0.15, -0.1) is 0 Å². The number of carbonyl (C=O) groups excluding carboxylic acids is 2. The van der Waals surface area contributed by atoms with E-state index in [2.05, 4.69) is 0 Å². The van der Waals surface area contributed by atoms with Gasteiger partial charge >= 0.3 is 0 Å². The third-order valence-electron chi connectivity index (χ3n) is 5.99. The molecule has 4 rings (SSSR count). The molecule has 7 heteroatoms. The highest BCUT2D eigenvalue weighted by molar-refractivity contribution is 6.46. The molecule has 0 radical (unpaired) electrons. The van der Waals surface area contributed by atoms with Crippen molar-refractivity contribution in [2.45, 2.75) is 13.0 Å². The number of aryl methyl sites for hydroxylation is 2. The van der Waals surface area contributed by atoms with E-state index in [-0.39, 0.29) is 24.5 Å². The fourth-order valence-corrected chi connectivity index (χ4v) is 4.39. The first-order valence-electron chi connectivity index (χ1n) is 10.3. The van der Waals surface area contributed by atoms with Gasteiger partial charge in [0, 0.05) is 48.9 Å². The Bertz CT molecular complexity index is 1240. The molecule has 1 saturated heterocycles. The molecule has 1 fully saturated rings. The highest BCUT2D eigenvalue weighted by atomic mass is 16.5. The number of ketones is 1. The van der Waals surface area contributed by atoms with Crippen molar-refractivity contribution in [3.8, 4) is 5.75 Å². The Hall–Kier alpha value is -3.58. The van der Waals surface area contributed by atoms with Crippen LogP contribution in [0.5, 0.6) is 5.75 Å². The first kappa shape index (κ1) is 21.6. The summed E-state index contributed by atoms with van der Waals surface area (Å²) < 4.78 is 12.4. The monoisotopic (exact) mass is 434 g/mol. The topological polar surface area (TPSA) is 81.0 Å². The molecule has 1 unspecified atom stereocenters. The minimum atomic E-state index is -0.724. The van der Waals surface area contributed by atoms with Gasteiger partial charge in [-0.05, 0) is 36.8 Å². The van der Waals surface area contributed by atoms with E-state index in [9.17, 15) is 14.7 Å². The zero-order valence-corrected chi connectivity index (χ0v) is 18.6. The number of likely N-dealkylation sites (tertiary alicyclic amines) is 1. The second-order valence-electron chi connectivity index (χ2n) is 7.88. The molecule has 1 aliphatic rings. The van der Waals surface area contributed by atoms with Crippen LogP contribution in [-0.4, -0.2) is 53.6 Å². The van der Waals surface area contributed by atoms with Gasteiger partial charge in [-0.25, -0.2) is 0 Å². The lowest BCUT2D eigenvalue weighted by Crippen LogP contribution is -2.32. The molecule has 2 aromatic carbocycles. The van der Waals surface area contributed by atoms with Crippen molar-refractivity contribution in [3.63, 3.8) is 0 Å². The summed E-state index contributed by atoms with van der Waals surface area (Å²) in [5.74, 6) is -0.897. The van der Waals surface area contributed by atoms with E-state index in [1.54, 1.807) is 32.4 Å².